The maximum absolute atomic E-state index is 13.4. The zero-order valence-corrected chi connectivity index (χ0v) is 19.5. The Morgan fingerprint density at radius 2 is 1.97 bits per heavy atom. The third kappa shape index (κ3) is 3.96. The summed E-state index contributed by atoms with van der Waals surface area (Å²) in [6.45, 7) is 1.92. The fraction of sp³-hybridized carbons (Fsp3) is 0.190. The Balaban J connectivity index is 1.63. The number of benzene rings is 2. The molecular weight excluding hydrogens is 474 g/mol. The van der Waals surface area contributed by atoms with E-state index in [0.717, 1.165) is 16.9 Å². The monoisotopic (exact) mass is 491 g/mol. The van der Waals surface area contributed by atoms with E-state index in [0.29, 0.717) is 24.3 Å². The molecular formula is C21H18ClN3O5S2. The van der Waals surface area contributed by atoms with Crippen molar-refractivity contribution < 1.29 is 22.7 Å². The standard InChI is InChI=1S/C21H18ClN3O5S2/c1-12-18(20(27)30-2)31-21(23-12)24-19(26)14-7-8-15(22)17(11-14)32(28,29)25-10-9-13-5-3-4-6-16(13)25/h3-8,11H,9-10H2,1-2H3,(H,23,24,26). The van der Waals surface area contributed by atoms with Crippen LogP contribution in [0.3, 0.4) is 0 Å². The Bertz CT molecular complexity index is 1340. The van der Waals surface area contributed by atoms with Gasteiger partial charge in [0, 0.05) is 12.1 Å². The molecule has 1 aromatic heterocycles. The first-order valence-electron chi connectivity index (χ1n) is 9.49. The van der Waals surface area contributed by atoms with Crippen LogP contribution in [0.5, 0.6) is 0 Å². The highest BCUT2D eigenvalue weighted by molar-refractivity contribution is 7.93. The number of aryl methyl sites for hydroxylation is 1. The average molecular weight is 492 g/mol. The number of esters is 1. The number of halogens is 1. The van der Waals surface area contributed by atoms with Crippen LogP contribution in [0.15, 0.2) is 47.4 Å². The number of para-hydroxylation sites is 1. The van der Waals surface area contributed by atoms with Crippen LogP contribution < -0.4 is 9.62 Å². The molecule has 0 fully saturated rings. The molecule has 1 aliphatic rings. The first kappa shape index (κ1) is 22.3. The molecule has 1 amide bonds. The number of anilines is 2. The van der Waals surface area contributed by atoms with Gasteiger partial charge in [-0.05, 0) is 43.2 Å². The number of fused-ring (bicyclic) bond motifs is 1. The molecule has 0 atom stereocenters. The predicted octanol–water partition coefficient (Wildman–Crippen LogP) is 3.90. The number of ether oxygens (including phenoxy) is 1. The number of methoxy groups -OCH3 is 1. The smallest absolute Gasteiger partial charge is 0.350 e. The van der Waals surface area contributed by atoms with Gasteiger partial charge in [-0.15, -0.1) is 0 Å². The highest BCUT2D eigenvalue weighted by atomic mass is 35.5. The molecule has 11 heteroatoms. The van der Waals surface area contributed by atoms with Crippen molar-refractivity contribution in [1.82, 2.24) is 4.98 Å². The first-order chi connectivity index (χ1) is 15.2. The van der Waals surface area contributed by atoms with Crippen molar-refractivity contribution in [2.24, 2.45) is 0 Å². The van der Waals surface area contributed by atoms with Crippen molar-refractivity contribution >= 4 is 55.7 Å². The minimum Gasteiger partial charge on any atom is -0.465 e. The molecule has 1 aliphatic heterocycles. The third-order valence-electron chi connectivity index (χ3n) is 4.99. The van der Waals surface area contributed by atoms with Gasteiger partial charge in [0.05, 0.1) is 23.5 Å². The van der Waals surface area contributed by atoms with Gasteiger partial charge in [0.2, 0.25) is 0 Å². The highest BCUT2D eigenvalue weighted by Crippen LogP contribution is 2.35. The topological polar surface area (TPSA) is 106 Å². The molecule has 0 spiro atoms. The van der Waals surface area contributed by atoms with Gasteiger partial charge in [-0.3, -0.25) is 14.4 Å². The van der Waals surface area contributed by atoms with Gasteiger partial charge in [-0.2, -0.15) is 0 Å². The number of hydrogen-bond acceptors (Lipinski definition) is 7. The van der Waals surface area contributed by atoms with E-state index < -0.39 is 21.9 Å². The van der Waals surface area contributed by atoms with Crippen molar-refractivity contribution in [2.45, 2.75) is 18.2 Å². The molecule has 0 radical (unpaired) electrons. The van der Waals surface area contributed by atoms with E-state index in [1.54, 1.807) is 19.1 Å². The number of nitrogens with one attached hydrogen (secondary N) is 1. The minimum absolute atomic E-state index is 0.0176. The summed E-state index contributed by atoms with van der Waals surface area (Å²) in [5, 5.41) is 2.80. The van der Waals surface area contributed by atoms with E-state index in [1.807, 2.05) is 12.1 Å². The first-order valence-corrected chi connectivity index (χ1v) is 12.1. The van der Waals surface area contributed by atoms with Crippen molar-refractivity contribution in [3.8, 4) is 0 Å². The van der Waals surface area contributed by atoms with E-state index in [4.69, 9.17) is 16.3 Å². The number of carbonyl (C=O) groups is 2. The Morgan fingerprint density at radius 1 is 1.22 bits per heavy atom. The molecule has 3 aromatic rings. The maximum atomic E-state index is 13.4. The molecule has 8 nitrogen and oxygen atoms in total. The Labute approximate surface area is 193 Å². The van der Waals surface area contributed by atoms with Crippen LogP contribution in [0.1, 0.15) is 31.3 Å². The lowest BCUT2D eigenvalue weighted by Crippen LogP contribution is -2.29. The second-order valence-corrected chi connectivity index (χ2v) is 10.2. The van der Waals surface area contributed by atoms with Crippen LogP contribution >= 0.6 is 22.9 Å². The largest absolute Gasteiger partial charge is 0.465 e. The van der Waals surface area contributed by atoms with Crippen LogP contribution in [0.25, 0.3) is 0 Å². The van der Waals surface area contributed by atoms with Crippen molar-refractivity contribution in [3.63, 3.8) is 0 Å². The van der Waals surface area contributed by atoms with Gasteiger partial charge in [-0.25, -0.2) is 18.2 Å². The van der Waals surface area contributed by atoms with E-state index in [9.17, 15) is 18.0 Å². The maximum Gasteiger partial charge on any atom is 0.350 e. The summed E-state index contributed by atoms with van der Waals surface area (Å²) in [6.07, 6.45) is 0.596. The second-order valence-electron chi connectivity index (χ2n) is 6.98. The number of hydrogen-bond donors (Lipinski definition) is 1. The predicted molar refractivity (Wildman–Crippen MR) is 122 cm³/mol. The number of rotatable bonds is 5. The third-order valence-corrected chi connectivity index (χ3v) is 8.34. The number of thiazole rings is 1. The molecule has 4 rings (SSSR count). The van der Waals surface area contributed by atoms with Crippen molar-refractivity contribution in [1.29, 1.82) is 0 Å². The summed E-state index contributed by atoms with van der Waals surface area (Å²) in [7, 11) is -2.72. The van der Waals surface area contributed by atoms with Gasteiger partial charge >= 0.3 is 5.97 Å². The summed E-state index contributed by atoms with van der Waals surface area (Å²) in [5.74, 6) is -1.13. The lowest BCUT2D eigenvalue weighted by atomic mass is 10.2. The van der Waals surface area contributed by atoms with Gasteiger partial charge < -0.3 is 4.74 Å². The quantitative estimate of drug-likeness (QED) is 0.543. The molecule has 1 N–H and O–H groups in total. The summed E-state index contributed by atoms with van der Waals surface area (Å²) >= 11 is 7.20. The van der Waals surface area contributed by atoms with E-state index in [1.165, 1.54) is 29.6 Å². The molecule has 0 unspecified atom stereocenters. The molecule has 0 aliphatic carbocycles. The van der Waals surface area contributed by atoms with Crippen LogP contribution in [0.4, 0.5) is 10.8 Å². The molecule has 166 valence electrons. The summed E-state index contributed by atoms with van der Waals surface area (Å²) in [4.78, 5) is 28.8. The van der Waals surface area contributed by atoms with Gasteiger partial charge in [-0.1, -0.05) is 41.1 Å². The number of carbonyl (C=O) groups excluding carboxylic acids is 2. The van der Waals surface area contributed by atoms with Crippen molar-refractivity contribution in [3.05, 3.63) is 69.2 Å². The second kappa shape index (κ2) is 8.53. The molecule has 0 saturated carbocycles. The fourth-order valence-electron chi connectivity index (χ4n) is 3.42. The van der Waals surface area contributed by atoms with Crippen LogP contribution in [-0.2, 0) is 21.2 Å². The van der Waals surface area contributed by atoms with Gasteiger partial charge in [0.1, 0.15) is 9.77 Å². The van der Waals surface area contributed by atoms with Crippen LogP contribution in [-0.4, -0.2) is 38.9 Å². The molecule has 0 saturated heterocycles. The van der Waals surface area contributed by atoms with E-state index >= 15 is 0 Å². The fourth-order valence-corrected chi connectivity index (χ4v) is 6.31. The lowest BCUT2D eigenvalue weighted by molar-refractivity contribution is 0.0605. The number of nitrogens with zero attached hydrogens (tertiary/aromatic N) is 2. The number of amides is 1. The Hall–Kier alpha value is -2.95. The van der Waals surface area contributed by atoms with Crippen LogP contribution in [0.2, 0.25) is 5.02 Å². The highest BCUT2D eigenvalue weighted by Gasteiger charge is 2.32. The molecule has 32 heavy (non-hydrogen) atoms. The zero-order valence-electron chi connectivity index (χ0n) is 17.1. The number of aromatic nitrogens is 1. The van der Waals surface area contributed by atoms with Crippen molar-refractivity contribution in [2.75, 3.05) is 23.3 Å². The lowest BCUT2D eigenvalue weighted by Gasteiger charge is -2.20. The summed E-state index contributed by atoms with van der Waals surface area (Å²) in [5.41, 5.74) is 2.05. The van der Waals surface area contributed by atoms with E-state index in [2.05, 4.69) is 10.3 Å². The molecule has 2 aromatic carbocycles. The van der Waals surface area contributed by atoms with Crippen LogP contribution in [0, 0.1) is 6.92 Å². The normalized spacial score (nSPS) is 13.0. The summed E-state index contributed by atoms with van der Waals surface area (Å²) in [6, 6.07) is 11.3. The molecule has 0 bridgehead atoms. The Kier molecular flexibility index (Phi) is 5.93. The summed E-state index contributed by atoms with van der Waals surface area (Å²) < 4.78 is 32.7. The number of sulfonamides is 1. The zero-order chi connectivity index (χ0) is 23.0. The van der Waals surface area contributed by atoms with E-state index in [-0.39, 0.29) is 25.5 Å². The SMILES string of the molecule is COC(=O)c1sc(NC(=O)c2ccc(Cl)c(S(=O)(=O)N3CCc4ccccc43)c2)nc1C. The Morgan fingerprint density at radius 3 is 2.72 bits per heavy atom. The average Bonchev–Trinajstić information content (AvgIpc) is 3.37. The van der Waals surface area contributed by atoms with Gasteiger partial charge in [0.15, 0.2) is 5.13 Å². The molecule has 2 heterocycles. The van der Waals surface area contributed by atoms with Gasteiger partial charge in [0.25, 0.3) is 15.9 Å². The minimum atomic E-state index is -3.98.